The first-order valence-corrected chi connectivity index (χ1v) is 8.13. The summed E-state index contributed by atoms with van der Waals surface area (Å²) < 4.78 is 51.7. The maximum atomic E-state index is 12.5. The van der Waals surface area contributed by atoms with Gasteiger partial charge in [0, 0.05) is 18.2 Å². The Morgan fingerprint density at radius 1 is 1.14 bits per heavy atom. The van der Waals surface area contributed by atoms with Gasteiger partial charge in [-0.05, 0) is 24.3 Å². The third-order valence-corrected chi connectivity index (χ3v) is 3.85. The highest BCUT2D eigenvalue weighted by Crippen LogP contribution is 2.29. The molecule has 29 heavy (non-hydrogen) atoms. The smallest absolute Gasteiger partial charge is 0.463 e. The molecule has 8 nitrogen and oxygen atoms in total. The van der Waals surface area contributed by atoms with Crippen LogP contribution in [0.2, 0.25) is 0 Å². The first-order valence-electron chi connectivity index (χ1n) is 8.13. The van der Waals surface area contributed by atoms with Crippen molar-refractivity contribution in [3.63, 3.8) is 0 Å². The zero-order valence-electron chi connectivity index (χ0n) is 15.2. The molecule has 0 aliphatic rings. The summed E-state index contributed by atoms with van der Waals surface area (Å²) in [5.74, 6) is -2.28. The van der Waals surface area contributed by atoms with Crippen molar-refractivity contribution in [3.8, 4) is 11.4 Å². The van der Waals surface area contributed by atoms with Gasteiger partial charge in [0.15, 0.2) is 0 Å². The number of hydrogen-bond donors (Lipinski definition) is 0. The average Bonchev–Trinajstić information content (AvgIpc) is 3.36. The third-order valence-electron chi connectivity index (χ3n) is 3.85. The number of amides is 1. The van der Waals surface area contributed by atoms with Gasteiger partial charge in [-0.3, -0.25) is 4.79 Å². The van der Waals surface area contributed by atoms with E-state index in [1.807, 2.05) is 0 Å². The van der Waals surface area contributed by atoms with Crippen molar-refractivity contribution >= 4 is 11.9 Å². The lowest BCUT2D eigenvalue weighted by Gasteiger charge is -2.15. The van der Waals surface area contributed by atoms with Crippen molar-refractivity contribution in [3.05, 3.63) is 59.4 Å². The molecule has 0 saturated heterocycles. The molecule has 0 aliphatic carbocycles. The van der Waals surface area contributed by atoms with Crippen molar-refractivity contribution in [1.29, 1.82) is 0 Å². The zero-order chi connectivity index (χ0) is 21.2. The Balaban J connectivity index is 1.69. The number of halogens is 3. The van der Waals surface area contributed by atoms with Gasteiger partial charge in [-0.15, -0.1) is 0 Å². The number of alkyl halides is 3. The Morgan fingerprint density at radius 3 is 2.41 bits per heavy atom. The van der Waals surface area contributed by atoms with Crippen LogP contribution < -0.4 is 0 Å². The minimum Gasteiger partial charge on any atom is -0.463 e. The number of nitrogens with zero attached hydrogens (tertiary/aromatic N) is 3. The fraction of sp³-hybridized carbons (Fsp3) is 0.222. The van der Waals surface area contributed by atoms with Crippen LogP contribution >= 0.6 is 0 Å². The van der Waals surface area contributed by atoms with E-state index in [1.54, 1.807) is 6.07 Å². The number of aromatic nitrogens is 2. The molecule has 0 unspecified atom stereocenters. The fourth-order valence-corrected chi connectivity index (χ4v) is 2.42. The molecule has 0 radical (unpaired) electrons. The van der Waals surface area contributed by atoms with Gasteiger partial charge in [0.25, 0.3) is 5.91 Å². The second-order valence-corrected chi connectivity index (χ2v) is 5.92. The van der Waals surface area contributed by atoms with Gasteiger partial charge in [0.1, 0.15) is 5.76 Å². The lowest BCUT2D eigenvalue weighted by Crippen LogP contribution is -2.25. The lowest BCUT2D eigenvalue weighted by atomic mass is 10.1. The van der Waals surface area contributed by atoms with Crippen molar-refractivity contribution in [2.24, 2.45) is 0 Å². The van der Waals surface area contributed by atoms with Gasteiger partial charge in [-0.2, -0.15) is 18.2 Å². The molecule has 2 aromatic heterocycles. The lowest BCUT2D eigenvalue weighted by molar-refractivity contribution is -0.159. The first kappa shape index (κ1) is 20.1. The fourth-order valence-electron chi connectivity index (χ4n) is 2.42. The minimum absolute atomic E-state index is 0.0195. The van der Waals surface area contributed by atoms with Crippen LogP contribution in [0.5, 0.6) is 0 Å². The molecular formula is C18H14F3N3O5. The Hall–Kier alpha value is -3.63. The summed E-state index contributed by atoms with van der Waals surface area (Å²) in [6.07, 6.45) is -4.73. The molecule has 2 heterocycles. The van der Waals surface area contributed by atoms with Crippen LogP contribution in [0.25, 0.3) is 11.4 Å². The molecule has 0 aliphatic heterocycles. The summed E-state index contributed by atoms with van der Waals surface area (Å²) in [6, 6.07) is 8.67. The molecule has 0 saturated carbocycles. The van der Waals surface area contributed by atoms with Gasteiger partial charge >= 0.3 is 18.0 Å². The highest BCUT2D eigenvalue weighted by molar-refractivity contribution is 5.94. The number of esters is 1. The van der Waals surface area contributed by atoms with Crippen LogP contribution in [0.1, 0.15) is 32.6 Å². The number of ether oxygens (including phenoxy) is 1. The van der Waals surface area contributed by atoms with Gasteiger partial charge in [-0.1, -0.05) is 17.3 Å². The Bertz CT molecular complexity index is 1020. The second kappa shape index (κ2) is 7.78. The molecule has 3 rings (SSSR count). The summed E-state index contributed by atoms with van der Waals surface area (Å²) >= 11 is 0. The summed E-state index contributed by atoms with van der Waals surface area (Å²) in [5, 5.41) is 3.29. The van der Waals surface area contributed by atoms with Crippen molar-refractivity contribution in [2.45, 2.75) is 12.7 Å². The van der Waals surface area contributed by atoms with Crippen LogP contribution in [0.15, 0.2) is 45.3 Å². The van der Waals surface area contributed by atoms with E-state index in [0.717, 1.165) is 0 Å². The van der Waals surface area contributed by atoms with Gasteiger partial charge < -0.3 is 18.6 Å². The topological polar surface area (TPSA) is 98.7 Å². The van der Waals surface area contributed by atoms with E-state index in [2.05, 4.69) is 19.4 Å². The maximum absolute atomic E-state index is 12.5. The van der Waals surface area contributed by atoms with E-state index < -0.39 is 18.0 Å². The van der Waals surface area contributed by atoms with E-state index in [1.165, 1.54) is 49.4 Å². The SMILES string of the molecule is COC(=O)c1ccc(CN(C)C(=O)c2ccc(-c3noc(C(F)(F)F)n3)cc2)o1. The quantitative estimate of drug-likeness (QED) is 0.596. The number of carbonyl (C=O) groups is 2. The molecule has 11 heteroatoms. The van der Waals surface area contributed by atoms with E-state index in [-0.39, 0.29) is 35.2 Å². The van der Waals surface area contributed by atoms with E-state index in [4.69, 9.17) is 4.42 Å². The van der Waals surface area contributed by atoms with Gasteiger partial charge in [0.2, 0.25) is 11.6 Å². The van der Waals surface area contributed by atoms with Crippen LogP contribution in [-0.4, -0.2) is 41.1 Å². The molecule has 0 N–H and O–H groups in total. The summed E-state index contributed by atoms with van der Waals surface area (Å²) in [7, 11) is 2.76. The summed E-state index contributed by atoms with van der Waals surface area (Å²) in [4.78, 5) is 28.6. The molecule has 0 atom stereocenters. The monoisotopic (exact) mass is 409 g/mol. The van der Waals surface area contributed by atoms with Crippen LogP contribution in [-0.2, 0) is 17.5 Å². The van der Waals surface area contributed by atoms with Crippen molar-refractivity contribution in [2.75, 3.05) is 14.2 Å². The van der Waals surface area contributed by atoms with E-state index >= 15 is 0 Å². The number of carbonyl (C=O) groups excluding carboxylic acids is 2. The normalized spacial score (nSPS) is 11.3. The molecule has 1 amide bonds. The van der Waals surface area contributed by atoms with Crippen LogP contribution in [0, 0.1) is 0 Å². The second-order valence-electron chi connectivity index (χ2n) is 5.92. The highest BCUT2D eigenvalue weighted by Gasteiger charge is 2.38. The third kappa shape index (κ3) is 4.45. The summed E-state index contributed by atoms with van der Waals surface area (Å²) in [6.45, 7) is 0.0946. The molecule has 3 aromatic rings. The highest BCUT2D eigenvalue weighted by atomic mass is 19.4. The van der Waals surface area contributed by atoms with E-state index in [9.17, 15) is 22.8 Å². The van der Waals surface area contributed by atoms with Gasteiger partial charge in [0.05, 0.1) is 13.7 Å². The van der Waals surface area contributed by atoms with Crippen molar-refractivity contribution < 1.29 is 36.4 Å². The predicted octanol–water partition coefficient (Wildman–Crippen LogP) is 3.41. The molecule has 0 bridgehead atoms. The number of benzene rings is 1. The Labute approximate surface area is 161 Å². The minimum atomic E-state index is -4.73. The Kier molecular flexibility index (Phi) is 5.39. The molecular weight excluding hydrogens is 395 g/mol. The number of rotatable bonds is 5. The largest absolute Gasteiger partial charge is 0.471 e. The van der Waals surface area contributed by atoms with Gasteiger partial charge in [-0.25, -0.2) is 4.79 Å². The number of furan rings is 1. The molecule has 0 fully saturated rings. The average molecular weight is 409 g/mol. The summed E-state index contributed by atoms with van der Waals surface area (Å²) in [5.41, 5.74) is 0.549. The molecule has 0 spiro atoms. The Morgan fingerprint density at radius 2 is 1.83 bits per heavy atom. The predicted molar refractivity (Wildman–Crippen MR) is 90.6 cm³/mol. The first-order chi connectivity index (χ1) is 13.7. The molecule has 1 aromatic carbocycles. The van der Waals surface area contributed by atoms with Crippen molar-refractivity contribution in [1.82, 2.24) is 15.0 Å². The van der Waals surface area contributed by atoms with E-state index in [0.29, 0.717) is 5.76 Å². The standard InChI is InChI=1S/C18H14F3N3O5/c1-24(9-12-7-8-13(28-12)16(26)27-2)15(25)11-5-3-10(4-6-11)14-22-17(29-23-14)18(19,20)21/h3-8H,9H2,1-2H3. The zero-order valence-corrected chi connectivity index (χ0v) is 15.2. The van der Waals surface area contributed by atoms with Crippen LogP contribution in [0.3, 0.4) is 0 Å². The molecule has 152 valence electrons. The maximum Gasteiger partial charge on any atom is 0.471 e. The number of hydrogen-bond acceptors (Lipinski definition) is 7. The van der Waals surface area contributed by atoms with Crippen LogP contribution in [0.4, 0.5) is 13.2 Å². The number of methoxy groups -OCH3 is 1.